The average Bonchev–Trinajstić information content (AvgIpc) is 2.35. The molecule has 0 unspecified atom stereocenters. The normalized spacial score (nSPS) is 10.3. The van der Waals surface area contributed by atoms with Crippen LogP contribution in [0.15, 0.2) is 23.1 Å². The van der Waals surface area contributed by atoms with E-state index < -0.39 is 32.5 Å². The monoisotopic (exact) mass is 298 g/mol. The van der Waals surface area contributed by atoms with Gasteiger partial charge in [-0.25, -0.2) is 9.59 Å². The fourth-order valence-corrected chi connectivity index (χ4v) is 1.93. The predicted molar refractivity (Wildman–Crippen MR) is 66.1 cm³/mol. The van der Waals surface area contributed by atoms with Crippen LogP contribution in [0.3, 0.4) is 0 Å². The maximum absolute atomic E-state index is 11.4. The van der Waals surface area contributed by atoms with Crippen molar-refractivity contribution in [2.24, 2.45) is 0 Å². The molecule has 0 aliphatic carbocycles. The molecule has 0 radical (unpaired) electrons. The molecule has 0 saturated heterocycles. The Kier molecular flexibility index (Phi) is 6.67. The van der Waals surface area contributed by atoms with Crippen molar-refractivity contribution >= 4 is 51.6 Å². The summed E-state index contributed by atoms with van der Waals surface area (Å²) >= 11 is 0. The molecular formula is C10H11NaO7S. The predicted octanol–water partition coefficient (Wildman–Crippen LogP) is -0.142. The molecule has 0 bridgehead atoms. The minimum absolute atomic E-state index is 0. The number of benzene rings is 1. The molecule has 7 nitrogen and oxygen atoms in total. The topological polar surface area (TPSA) is 107 Å². The van der Waals surface area contributed by atoms with E-state index in [9.17, 15) is 18.0 Å². The number of ether oxygens (including phenoxy) is 2. The Labute approximate surface area is 131 Å². The summed E-state index contributed by atoms with van der Waals surface area (Å²) in [6.07, 6.45) is 0. The number of hydrogen-bond acceptors (Lipinski definition) is 6. The van der Waals surface area contributed by atoms with E-state index in [1.165, 1.54) is 0 Å². The van der Waals surface area contributed by atoms with Gasteiger partial charge >= 0.3 is 41.5 Å². The summed E-state index contributed by atoms with van der Waals surface area (Å²) in [5.74, 6) is -1.74. The van der Waals surface area contributed by atoms with Crippen molar-refractivity contribution in [2.75, 3.05) is 14.2 Å². The van der Waals surface area contributed by atoms with Gasteiger partial charge in [0.15, 0.2) is 0 Å². The minimum atomic E-state index is -4.59. The van der Waals surface area contributed by atoms with Gasteiger partial charge in [-0.3, -0.25) is 4.55 Å². The molecule has 1 N–H and O–H groups in total. The second-order valence-corrected chi connectivity index (χ2v) is 4.56. The van der Waals surface area contributed by atoms with Crippen LogP contribution in [0.4, 0.5) is 0 Å². The van der Waals surface area contributed by atoms with E-state index in [0.29, 0.717) is 0 Å². The summed E-state index contributed by atoms with van der Waals surface area (Å²) in [6.45, 7) is 0. The molecule has 0 spiro atoms. The Morgan fingerprint density at radius 2 is 1.63 bits per heavy atom. The molecule has 100 valence electrons. The molecule has 0 saturated carbocycles. The van der Waals surface area contributed by atoms with E-state index in [4.69, 9.17) is 4.55 Å². The van der Waals surface area contributed by atoms with E-state index in [-0.39, 0.29) is 35.1 Å². The number of esters is 2. The van der Waals surface area contributed by atoms with Crippen molar-refractivity contribution in [3.63, 3.8) is 0 Å². The number of carbonyl (C=O) groups excluding carboxylic acids is 2. The van der Waals surface area contributed by atoms with Crippen molar-refractivity contribution < 1.29 is 32.0 Å². The van der Waals surface area contributed by atoms with E-state index in [1.807, 2.05) is 0 Å². The van der Waals surface area contributed by atoms with Gasteiger partial charge in [-0.2, -0.15) is 8.42 Å². The molecule has 9 heteroatoms. The number of methoxy groups -OCH3 is 2. The second-order valence-electron chi connectivity index (χ2n) is 3.17. The van der Waals surface area contributed by atoms with Crippen LogP contribution in [0.2, 0.25) is 0 Å². The zero-order chi connectivity index (χ0) is 13.9. The van der Waals surface area contributed by atoms with Crippen LogP contribution in [-0.4, -0.2) is 68.7 Å². The van der Waals surface area contributed by atoms with Crippen molar-refractivity contribution in [2.45, 2.75) is 4.90 Å². The molecule has 0 aromatic heterocycles. The summed E-state index contributed by atoms with van der Waals surface area (Å²) in [6, 6.07) is 3.01. The van der Waals surface area contributed by atoms with Crippen molar-refractivity contribution in [1.82, 2.24) is 0 Å². The van der Waals surface area contributed by atoms with Crippen LogP contribution in [0, 0.1) is 0 Å². The molecule has 0 aliphatic heterocycles. The maximum atomic E-state index is 11.4. The average molecular weight is 298 g/mol. The SMILES string of the molecule is COC(=O)c1ccc(S(=O)(=O)O)c(C(=O)OC)c1.[NaH]. The molecule has 19 heavy (non-hydrogen) atoms. The van der Waals surface area contributed by atoms with Crippen LogP contribution >= 0.6 is 0 Å². The zero-order valence-corrected chi connectivity index (χ0v) is 10.4. The van der Waals surface area contributed by atoms with Gasteiger partial charge in [0.05, 0.1) is 25.3 Å². The van der Waals surface area contributed by atoms with E-state index >= 15 is 0 Å². The molecule has 0 amide bonds. The molecule has 0 aliphatic rings. The van der Waals surface area contributed by atoms with E-state index in [0.717, 1.165) is 32.4 Å². The number of hydrogen-bond donors (Lipinski definition) is 1. The first-order chi connectivity index (χ1) is 8.31. The summed E-state index contributed by atoms with van der Waals surface area (Å²) in [4.78, 5) is 22.0. The van der Waals surface area contributed by atoms with Gasteiger partial charge in [0.2, 0.25) is 0 Å². The van der Waals surface area contributed by atoms with Crippen LogP contribution in [0.25, 0.3) is 0 Å². The van der Waals surface area contributed by atoms with Gasteiger partial charge in [0.1, 0.15) is 4.90 Å². The Balaban J connectivity index is 0.00000324. The summed E-state index contributed by atoms with van der Waals surface area (Å²) < 4.78 is 39.9. The Morgan fingerprint density at radius 1 is 1.11 bits per heavy atom. The zero-order valence-electron chi connectivity index (χ0n) is 9.54. The van der Waals surface area contributed by atoms with Gasteiger partial charge in [-0.05, 0) is 18.2 Å². The van der Waals surface area contributed by atoms with Crippen LogP contribution in [-0.2, 0) is 19.6 Å². The van der Waals surface area contributed by atoms with Crippen LogP contribution < -0.4 is 0 Å². The van der Waals surface area contributed by atoms with Crippen LogP contribution in [0.5, 0.6) is 0 Å². The first-order valence-electron chi connectivity index (χ1n) is 4.59. The Hall–Kier alpha value is -0.930. The molecule has 1 aromatic carbocycles. The first kappa shape index (κ1) is 18.1. The number of carbonyl (C=O) groups is 2. The van der Waals surface area contributed by atoms with Crippen LogP contribution in [0.1, 0.15) is 20.7 Å². The molecule has 0 atom stereocenters. The summed E-state index contributed by atoms with van der Waals surface area (Å²) in [5.41, 5.74) is -0.479. The third kappa shape index (κ3) is 4.29. The molecular weight excluding hydrogens is 287 g/mol. The summed E-state index contributed by atoms with van der Waals surface area (Å²) in [5, 5.41) is 0. The van der Waals surface area contributed by atoms with E-state index in [1.54, 1.807) is 0 Å². The molecule has 1 aromatic rings. The fourth-order valence-electron chi connectivity index (χ4n) is 1.27. The quantitative estimate of drug-likeness (QED) is 0.470. The Morgan fingerprint density at radius 3 is 2.05 bits per heavy atom. The van der Waals surface area contributed by atoms with Gasteiger partial charge in [-0.1, -0.05) is 0 Å². The van der Waals surface area contributed by atoms with Gasteiger partial charge in [0.25, 0.3) is 10.1 Å². The first-order valence-corrected chi connectivity index (χ1v) is 6.03. The fraction of sp³-hybridized carbons (Fsp3) is 0.200. The molecule has 1 rings (SSSR count). The van der Waals surface area contributed by atoms with Crippen molar-refractivity contribution in [3.05, 3.63) is 29.3 Å². The second kappa shape index (κ2) is 7.01. The van der Waals surface area contributed by atoms with Crippen molar-refractivity contribution in [3.8, 4) is 0 Å². The summed E-state index contributed by atoms with van der Waals surface area (Å²) in [7, 11) is -2.41. The van der Waals surface area contributed by atoms with Crippen molar-refractivity contribution in [1.29, 1.82) is 0 Å². The Bertz CT molecular complexity index is 594. The van der Waals surface area contributed by atoms with Gasteiger partial charge in [-0.15, -0.1) is 0 Å². The number of rotatable bonds is 3. The third-order valence-corrected chi connectivity index (χ3v) is 3.00. The van der Waals surface area contributed by atoms with Gasteiger partial charge < -0.3 is 9.47 Å². The molecule has 0 heterocycles. The molecule has 0 fully saturated rings. The van der Waals surface area contributed by atoms with Gasteiger partial charge in [0, 0.05) is 0 Å². The third-order valence-electron chi connectivity index (χ3n) is 2.08. The standard InChI is InChI=1S/C10H10O7S.Na.H/c1-16-9(11)6-3-4-8(18(13,14)15)7(5-6)10(12)17-2;;/h3-5H,1-2H3,(H,13,14,15);;. The van der Waals surface area contributed by atoms with E-state index in [2.05, 4.69) is 9.47 Å².